The minimum atomic E-state index is -1.28. The summed E-state index contributed by atoms with van der Waals surface area (Å²) in [6.45, 7) is 7.11. The Bertz CT molecular complexity index is 827. The number of urea groups is 1. The Morgan fingerprint density at radius 1 is 1.09 bits per heavy atom. The molecule has 0 bridgehead atoms. The van der Waals surface area contributed by atoms with Crippen LogP contribution < -0.4 is 10.6 Å². The molecule has 2 fully saturated rings. The number of morpholine rings is 1. The van der Waals surface area contributed by atoms with E-state index in [-0.39, 0.29) is 37.0 Å². The van der Waals surface area contributed by atoms with Crippen molar-refractivity contribution in [1.82, 2.24) is 25.7 Å². The fraction of sp³-hybridized carbons (Fsp3) is 0.783. The van der Waals surface area contributed by atoms with Gasteiger partial charge in [-0.15, -0.1) is 0 Å². The molecular formula is C23H37F2N5O5. The highest BCUT2D eigenvalue weighted by Crippen LogP contribution is 2.38. The standard InChI is InChI=1S/C22H34FN5O5.CH3F/c1-4-16(18(29)21-26-19(27-33-21)14-5-6-14)24-20(30)17(12-15(23)11-13(2)3)25-22(31)28-7-9-32-10-8-28;1-2/h13-17H,4-12H2,1-3H3,(H,24,30)(H,25,31);1H3. The molecule has 1 saturated heterocycles. The summed E-state index contributed by atoms with van der Waals surface area (Å²) in [5, 5.41) is 9.13. The number of halogens is 2. The zero-order valence-electron chi connectivity index (χ0n) is 20.9. The normalized spacial score (nSPS) is 18.2. The number of Topliss-reactive ketones (excluding diaryl/α,β-unsaturated/α-hetero) is 1. The number of aromatic nitrogens is 2. The maximum atomic E-state index is 14.6. The van der Waals surface area contributed by atoms with Gasteiger partial charge in [0.1, 0.15) is 12.2 Å². The number of ketones is 1. The molecule has 3 amide bonds. The van der Waals surface area contributed by atoms with E-state index in [1.165, 1.54) is 4.90 Å². The average Bonchev–Trinajstić information content (AvgIpc) is 3.59. The van der Waals surface area contributed by atoms with Crippen LogP contribution in [0.15, 0.2) is 4.52 Å². The molecule has 2 heterocycles. The summed E-state index contributed by atoms with van der Waals surface area (Å²) in [6.07, 6.45) is 1.01. The van der Waals surface area contributed by atoms with Crippen LogP contribution >= 0.6 is 0 Å². The van der Waals surface area contributed by atoms with Crippen LogP contribution in [0.25, 0.3) is 0 Å². The van der Waals surface area contributed by atoms with Crippen molar-refractivity contribution >= 4 is 17.7 Å². The zero-order chi connectivity index (χ0) is 26.0. The second kappa shape index (κ2) is 14.1. The first kappa shape index (κ1) is 28.6. The lowest BCUT2D eigenvalue weighted by Gasteiger charge is -2.30. The first-order valence-corrected chi connectivity index (χ1v) is 12.1. The third-order valence-corrected chi connectivity index (χ3v) is 5.77. The molecule has 3 atom stereocenters. The highest BCUT2D eigenvalue weighted by molar-refractivity contribution is 5.99. The molecule has 12 heteroatoms. The predicted octanol–water partition coefficient (Wildman–Crippen LogP) is 2.79. The van der Waals surface area contributed by atoms with Gasteiger partial charge in [0.25, 0.3) is 5.89 Å². The van der Waals surface area contributed by atoms with Crippen LogP contribution in [-0.4, -0.2) is 84.5 Å². The van der Waals surface area contributed by atoms with Crippen LogP contribution in [0.4, 0.5) is 13.6 Å². The Morgan fingerprint density at radius 3 is 2.31 bits per heavy atom. The molecule has 1 aromatic rings. The highest BCUT2D eigenvalue weighted by atomic mass is 19.1. The highest BCUT2D eigenvalue weighted by Gasteiger charge is 2.34. The summed E-state index contributed by atoms with van der Waals surface area (Å²) in [6, 6.07) is -2.50. The quantitative estimate of drug-likeness (QED) is 0.447. The fourth-order valence-electron chi connectivity index (χ4n) is 3.72. The van der Waals surface area contributed by atoms with E-state index in [0.29, 0.717) is 39.3 Å². The SMILES string of the molecule is CCC(NC(=O)C(CC(F)CC(C)C)NC(=O)N1CCOCC1)C(=O)c1nc(C2CC2)no1.CF. The second-order valence-corrected chi connectivity index (χ2v) is 9.13. The molecule has 0 aromatic carbocycles. The Morgan fingerprint density at radius 2 is 1.74 bits per heavy atom. The number of amides is 3. The maximum absolute atomic E-state index is 14.6. The minimum Gasteiger partial charge on any atom is -0.378 e. The summed E-state index contributed by atoms with van der Waals surface area (Å²) in [5.41, 5.74) is 0. The lowest BCUT2D eigenvalue weighted by molar-refractivity contribution is -0.124. The average molecular weight is 502 g/mol. The van der Waals surface area contributed by atoms with Crippen LogP contribution in [0.5, 0.6) is 0 Å². The fourth-order valence-corrected chi connectivity index (χ4v) is 3.72. The second-order valence-electron chi connectivity index (χ2n) is 9.13. The number of carbonyl (C=O) groups is 3. The molecule has 0 radical (unpaired) electrons. The van der Waals surface area contributed by atoms with Gasteiger partial charge >= 0.3 is 6.03 Å². The van der Waals surface area contributed by atoms with Crippen LogP contribution in [0, 0.1) is 5.92 Å². The van der Waals surface area contributed by atoms with E-state index >= 15 is 0 Å². The number of carbonyl (C=O) groups excluding carboxylic acids is 3. The number of ether oxygens (including phenoxy) is 1. The van der Waals surface area contributed by atoms with E-state index < -0.39 is 36.0 Å². The molecule has 3 rings (SSSR count). The van der Waals surface area contributed by atoms with Gasteiger partial charge in [-0.05, 0) is 31.6 Å². The largest absolute Gasteiger partial charge is 0.378 e. The number of nitrogens with one attached hydrogen (secondary N) is 2. The Kier molecular flexibility index (Phi) is 11.5. The van der Waals surface area contributed by atoms with Gasteiger partial charge in [0, 0.05) is 25.4 Å². The van der Waals surface area contributed by atoms with Crippen molar-refractivity contribution in [3.05, 3.63) is 11.7 Å². The zero-order valence-corrected chi connectivity index (χ0v) is 20.9. The first-order chi connectivity index (χ1) is 16.8. The number of hydrogen-bond acceptors (Lipinski definition) is 7. The van der Waals surface area contributed by atoms with Gasteiger partial charge < -0.3 is 24.8 Å². The summed E-state index contributed by atoms with van der Waals surface area (Å²) in [4.78, 5) is 44.2. The van der Waals surface area contributed by atoms with Crippen molar-refractivity contribution in [2.75, 3.05) is 33.5 Å². The van der Waals surface area contributed by atoms with Crippen molar-refractivity contribution in [3.63, 3.8) is 0 Å². The van der Waals surface area contributed by atoms with Gasteiger partial charge in [-0.3, -0.25) is 14.0 Å². The molecule has 198 valence electrons. The molecule has 0 spiro atoms. The van der Waals surface area contributed by atoms with E-state index in [2.05, 4.69) is 20.8 Å². The molecule has 2 aliphatic rings. The molecule has 35 heavy (non-hydrogen) atoms. The van der Waals surface area contributed by atoms with Crippen molar-refractivity contribution < 1.29 is 32.4 Å². The van der Waals surface area contributed by atoms with Gasteiger partial charge in [-0.2, -0.15) is 4.98 Å². The topological polar surface area (TPSA) is 127 Å². The molecule has 1 saturated carbocycles. The monoisotopic (exact) mass is 501 g/mol. The lowest BCUT2D eigenvalue weighted by atomic mass is 10.00. The summed E-state index contributed by atoms with van der Waals surface area (Å²) in [7, 11) is 0.500. The first-order valence-electron chi connectivity index (χ1n) is 12.1. The van der Waals surface area contributed by atoms with Gasteiger partial charge in [0.05, 0.1) is 26.4 Å². The third kappa shape index (κ3) is 8.83. The third-order valence-electron chi connectivity index (χ3n) is 5.77. The van der Waals surface area contributed by atoms with E-state index in [0.717, 1.165) is 12.8 Å². The van der Waals surface area contributed by atoms with E-state index in [1.54, 1.807) is 6.92 Å². The lowest BCUT2D eigenvalue weighted by Crippen LogP contribution is -2.56. The van der Waals surface area contributed by atoms with Crippen LogP contribution in [0.1, 0.15) is 75.3 Å². The van der Waals surface area contributed by atoms with Gasteiger partial charge in [0.15, 0.2) is 5.82 Å². The summed E-state index contributed by atoms with van der Waals surface area (Å²) >= 11 is 0. The number of alkyl halides is 2. The molecule has 1 aromatic heterocycles. The van der Waals surface area contributed by atoms with Crippen LogP contribution in [0.2, 0.25) is 0 Å². The van der Waals surface area contributed by atoms with E-state index in [9.17, 15) is 23.2 Å². The minimum absolute atomic E-state index is 0.0989. The summed E-state index contributed by atoms with van der Waals surface area (Å²) in [5.74, 6) is -0.438. The summed E-state index contributed by atoms with van der Waals surface area (Å²) < 4.78 is 34.5. The Labute approximate surface area is 204 Å². The van der Waals surface area contributed by atoms with Crippen molar-refractivity contribution in [2.45, 2.75) is 77.0 Å². The Hall–Kier alpha value is -2.63. The van der Waals surface area contributed by atoms with Gasteiger partial charge in [-0.25, -0.2) is 9.18 Å². The maximum Gasteiger partial charge on any atom is 0.318 e. The van der Waals surface area contributed by atoms with Crippen molar-refractivity contribution in [3.8, 4) is 0 Å². The van der Waals surface area contributed by atoms with Crippen molar-refractivity contribution in [1.29, 1.82) is 0 Å². The number of rotatable bonds is 11. The smallest absolute Gasteiger partial charge is 0.318 e. The number of hydrogen-bond donors (Lipinski definition) is 2. The molecular weight excluding hydrogens is 464 g/mol. The Balaban J connectivity index is 0.00000210. The molecule has 1 aliphatic heterocycles. The van der Waals surface area contributed by atoms with Crippen molar-refractivity contribution in [2.24, 2.45) is 5.92 Å². The van der Waals surface area contributed by atoms with E-state index in [1.807, 2.05) is 13.8 Å². The molecule has 3 unspecified atom stereocenters. The number of nitrogens with zero attached hydrogens (tertiary/aromatic N) is 3. The van der Waals surface area contributed by atoms with Crippen LogP contribution in [0.3, 0.4) is 0 Å². The van der Waals surface area contributed by atoms with Gasteiger partial charge in [0.2, 0.25) is 11.7 Å². The van der Waals surface area contributed by atoms with Crippen LogP contribution in [-0.2, 0) is 9.53 Å². The molecule has 1 aliphatic carbocycles. The molecule has 10 nitrogen and oxygen atoms in total. The molecule has 2 N–H and O–H groups in total. The van der Waals surface area contributed by atoms with E-state index in [4.69, 9.17) is 9.26 Å². The van der Waals surface area contributed by atoms with Gasteiger partial charge in [-0.1, -0.05) is 25.9 Å². The predicted molar refractivity (Wildman–Crippen MR) is 124 cm³/mol.